The third kappa shape index (κ3) is 4.03. The number of carbonyl (C=O) groups is 1. The van der Waals surface area contributed by atoms with E-state index in [1.165, 1.54) is 5.01 Å². The molecule has 1 aliphatic rings. The van der Waals surface area contributed by atoms with Gasteiger partial charge in [-0.05, 0) is 25.3 Å². The number of ether oxygens (including phenoxy) is 2. The fourth-order valence-corrected chi connectivity index (χ4v) is 2.38. The number of hydrogen-bond acceptors (Lipinski definition) is 5. The van der Waals surface area contributed by atoms with Gasteiger partial charge in [-0.3, -0.25) is 10.6 Å². The Morgan fingerprint density at radius 2 is 2.10 bits per heavy atom. The molecule has 5 nitrogen and oxygen atoms in total. The van der Waals surface area contributed by atoms with Crippen molar-refractivity contribution in [2.24, 2.45) is 5.84 Å². The molecule has 0 bridgehead atoms. The molecule has 0 amide bonds. The molecule has 0 unspecified atom stereocenters. The lowest BCUT2D eigenvalue weighted by Crippen LogP contribution is -2.54. The van der Waals surface area contributed by atoms with Gasteiger partial charge in [-0.1, -0.05) is 30.3 Å². The molecule has 0 aliphatic carbocycles. The van der Waals surface area contributed by atoms with E-state index < -0.39 is 0 Å². The predicted octanol–water partition coefficient (Wildman–Crippen LogP) is 1.47. The molecule has 1 aromatic carbocycles. The summed E-state index contributed by atoms with van der Waals surface area (Å²) < 4.78 is 10.9. The van der Waals surface area contributed by atoms with E-state index in [4.69, 9.17) is 15.3 Å². The van der Waals surface area contributed by atoms with Gasteiger partial charge < -0.3 is 9.47 Å². The number of rotatable bonds is 5. The van der Waals surface area contributed by atoms with Gasteiger partial charge >= 0.3 is 5.97 Å². The van der Waals surface area contributed by atoms with Crippen LogP contribution in [-0.2, 0) is 20.9 Å². The molecule has 1 aromatic rings. The number of nitrogens with zero attached hydrogens (tertiary/aromatic N) is 1. The van der Waals surface area contributed by atoms with Gasteiger partial charge in [0.1, 0.15) is 6.04 Å². The van der Waals surface area contributed by atoms with E-state index in [-0.39, 0.29) is 18.1 Å². The van der Waals surface area contributed by atoms with Crippen molar-refractivity contribution in [3.05, 3.63) is 35.9 Å². The van der Waals surface area contributed by atoms with Gasteiger partial charge in [0.25, 0.3) is 0 Å². The Kier molecular flexibility index (Phi) is 5.52. The van der Waals surface area contributed by atoms with Crippen LogP contribution in [0.25, 0.3) is 0 Å². The molecule has 1 saturated heterocycles. The third-order valence-electron chi connectivity index (χ3n) is 3.46. The molecule has 110 valence electrons. The molecule has 2 atom stereocenters. The maximum Gasteiger partial charge on any atom is 0.324 e. The topological polar surface area (TPSA) is 64.8 Å². The van der Waals surface area contributed by atoms with Gasteiger partial charge in [-0.2, -0.15) is 0 Å². The van der Waals surface area contributed by atoms with Crippen LogP contribution >= 0.6 is 0 Å². The highest BCUT2D eigenvalue weighted by atomic mass is 16.5. The van der Waals surface area contributed by atoms with Crippen LogP contribution in [0.4, 0.5) is 0 Å². The zero-order valence-corrected chi connectivity index (χ0v) is 11.8. The lowest BCUT2D eigenvalue weighted by Gasteiger charge is -2.34. The van der Waals surface area contributed by atoms with Gasteiger partial charge in [0.15, 0.2) is 0 Å². The summed E-state index contributed by atoms with van der Waals surface area (Å²) in [5.41, 5.74) is 1.14. The summed E-state index contributed by atoms with van der Waals surface area (Å²) in [4.78, 5) is 11.7. The number of esters is 1. The maximum absolute atomic E-state index is 11.7. The summed E-state index contributed by atoms with van der Waals surface area (Å²) in [5, 5.41) is 1.54. The van der Waals surface area contributed by atoms with Crippen molar-refractivity contribution in [1.82, 2.24) is 5.01 Å². The maximum atomic E-state index is 11.7. The highest BCUT2D eigenvalue weighted by Gasteiger charge is 2.32. The van der Waals surface area contributed by atoms with E-state index in [9.17, 15) is 4.79 Å². The first kappa shape index (κ1) is 15.0. The van der Waals surface area contributed by atoms with Crippen LogP contribution in [0.5, 0.6) is 0 Å². The van der Waals surface area contributed by atoms with Crippen molar-refractivity contribution >= 4 is 5.97 Å². The number of hydrazine groups is 1. The van der Waals surface area contributed by atoms with Crippen LogP contribution < -0.4 is 5.84 Å². The van der Waals surface area contributed by atoms with E-state index in [0.717, 1.165) is 12.0 Å². The Hall–Kier alpha value is -1.43. The van der Waals surface area contributed by atoms with Crippen LogP contribution in [0.3, 0.4) is 0 Å². The van der Waals surface area contributed by atoms with Gasteiger partial charge in [0, 0.05) is 6.54 Å². The number of carbonyl (C=O) groups excluding carboxylic acids is 1. The molecule has 0 saturated carbocycles. The van der Waals surface area contributed by atoms with Crippen LogP contribution in [0.15, 0.2) is 30.3 Å². The minimum absolute atomic E-state index is 0.0610. The first-order chi connectivity index (χ1) is 9.70. The molecule has 0 radical (unpaired) electrons. The van der Waals surface area contributed by atoms with E-state index in [0.29, 0.717) is 26.2 Å². The first-order valence-electron chi connectivity index (χ1n) is 7.04. The monoisotopic (exact) mass is 278 g/mol. The van der Waals surface area contributed by atoms with Crippen molar-refractivity contribution in [2.45, 2.75) is 38.5 Å². The Morgan fingerprint density at radius 1 is 1.35 bits per heavy atom. The average Bonchev–Trinajstić information content (AvgIpc) is 2.46. The van der Waals surface area contributed by atoms with E-state index in [2.05, 4.69) is 0 Å². The average molecular weight is 278 g/mol. The van der Waals surface area contributed by atoms with E-state index >= 15 is 0 Å². The molecule has 2 rings (SSSR count). The number of hydrogen-bond donors (Lipinski definition) is 1. The van der Waals surface area contributed by atoms with Gasteiger partial charge in [0.05, 0.1) is 19.3 Å². The Labute approximate surface area is 119 Å². The summed E-state index contributed by atoms with van der Waals surface area (Å²) >= 11 is 0. The van der Waals surface area contributed by atoms with Crippen molar-refractivity contribution < 1.29 is 14.3 Å². The number of nitrogens with two attached hydrogens (primary N) is 1. The zero-order valence-electron chi connectivity index (χ0n) is 11.8. The van der Waals surface area contributed by atoms with Gasteiger partial charge in [0.2, 0.25) is 0 Å². The zero-order chi connectivity index (χ0) is 14.4. The minimum atomic E-state index is -0.341. The molecule has 0 aromatic heterocycles. The molecular weight excluding hydrogens is 256 g/mol. The van der Waals surface area contributed by atoms with Crippen LogP contribution in [-0.4, -0.2) is 36.3 Å². The lowest BCUT2D eigenvalue weighted by atomic mass is 10.0. The summed E-state index contributed by atoms with van der Waals surface area (Å²) in [6, 6.07) is 9.69. The fraction of sp³-hybridized carbons (Fsp3) is 0.533. The normalized spacial score (nSPS) is 23.5. The predicted molar refractivity (Wildman–Crippen MR) is 75.6 cm³/mol. The Bertz CT molecular complexity index is 424. The number of benzene rings is 1. The SMILES string of the molecule is CCOC(=O)[C@@H]1CC[C@@H](OCc2ccccc2)CN1N. The standard InChI is InChI=1S/C15H22N2O3/c1-2-19-15(18)14-9-8-13(10-17(14)16)20-11-12-6-4-3-5-7-12/h3-7,13-14H,2,8-11,16H2,1H3/t13-,14+/m1/s1. The highest BCUT2D eigenvalue weighted by molar-refractivity contribution is 5.75. The second-order valence-corrected chi connectivity index (χ2v) is 4.96. The van der Waals surface area contributed by atoms with Crippen molar-refractivity contribution in [2.75, 3.05) is 13.2 Å². The smallest absolute Gasteiger partial charge is 0.324 e. The molecular formula is C15H22N2O3. The third-order valence-corrected chi connectivity index (χ3v) is 3.46. The van der Waals surface area contributed by atoms with Crippen LogP contribution in [0, 0.1) is 0 Å². The summed E-state index contributed by atoms with van der Waals surface area (Å²) in [5.74, 6) is 5.68. The molecule has 2 N–H and O–H groups in total. The summed E-state index contributed by atoms with van der Waals surface area (Å²) in [6.45, 7) is 3.31. The Balaban J connectivity index is 1.79. The van der Waals surface area contributed by atoms with E-state index in [1.807, 2.05) is 30.3 Å². The highest BCUT2D eigenvalue weighted by Crippen LogP contribution is 2.19. The second kappa shape index (κ2) is 7.38. The minimum Gasteiger partial charge on any atom is -0.465 e. The van der Waals surface area contributed by atoms with Crippen LogP contribution in [0.1, 0.15) is 25.3 Å². The van der Waals surface area contributed by atoms with E-state index in [1.54, 1.807) is 6.92 Å². The molecule has 20 heavy (non-hydrogen) atoms. The summed E-state index contributed by atoms with van der Waals surface area (Å²) in [6.07, 6.45) is 1.56. The summed E-state index contributed by atoms with van der Waals surface area (Å²) in [7, 11) is 0. The molecule has 0 spiro atoms. The molecule has 1 fully saturated rings. The second-order valence-electron chi connectivity index (χ2n) is 4.96. The van der Waals surface area contributed by atoms with Crippen molar-refractivity contribution in [3.8, 4) is 0 Å². The largest absolute Gasteiger partial charge is 0.465 e. The van der Waals surface area contributed by atoms with Crippen molar-refractivity contribution in [1.29, 1.82) is 0 Å². The first-order valence-corrected chi connectivity index (χ1v) is 7.04. The fourth-order valence-electron chi connectivity index (χ4n) is 2.38. The lowest BCUT2D eigenvalue weighted by molar-refractivity contribution is -0.153. The molecule has 1 heterocycles. The van der Waals surface area contributed by atoms with Crippen molar-refractivity contribution in [3.63, 3.8) is 0 Å². The van der Waals surface area contributed by atoms with Gasteiger partial charge in [-0.25, -0.2) is 5.01 Å². The molecule has 1 aliphatic heterocycles. The quantitative estimate of drug-likeness (QED) is 0.653. The Morgan fingerprint density at radius 3 is 2.75 bits per heavy atom. The molecule has 5 heteroatoms. The van der Waals surface area contributed by atoms with Crippen LogP contribution in [0.2, 0.25) is 0 Å². The van der Waals surface area contributed by atoms with Gasteiger partial charge in [-0.15, -0.1) is 0 Å². The number of piperidine rings is 1.